The number of hydrogen-bond acceptors (Lipinski definition) is 6. The molecule has 1 aromatic carbocycles. The number of aromatic nitrogens is 3. The average molecular weight is 423 g/mol. The van der Waals surface area contributed by atoms with Crippen LogP contribution in [0.25, 0.3) is 11.1 Å². The van der Waals surface area contributed by atoms with Gasteiger partial charge in [0.2, 0.25) is 0 Å². The first kappa shape index (κ1) is 19.7. The SMILES string of the molecule is O=C(Nc1ccncc1)c1cccc(CNc2ncc(-c3ccncc3)c3c2CCO3)c1. The molecule has 1 amide bonds. The van der Waals surface area contributed by atoms with E-state index in [9.17, 15) is 4.79 Å². The van der Waals surface area contributed by atoms with Gasteiger partial charge in [-0.15, -0.1) is 0 Å². The number of rotatable bonds is 6. The molecule has 7 heteroatoms. The summed E-state index contributed by atoms with van der Waals surface area (Å²) in [6.07, 6.45) is 9.45. The van der Waals surface area contributed by atoms with Crippen LogP contribution in [0.3, 0.4) is 0 Å². The molecular weight excluding hydrogens is 402 g/mol. The van der Waals surface area contributed by atoms with Crippen molar-refractivity contribution < 1.29 is 9.53 Å². The standard InChI is InChI=1S/C25H21N5O2/c31-25(30-20-6-11-27-12-7-20)19-3-1-2-17(14-19)15-28-24-21-8-13-32-23(21)22(16-29-24)18-4-9-26-10-5-18/h1-7,9-12,14,16H,8,13,15H2,(H,28,29)(H,27,30,31). The van der Waals surface area contributed by atoms with E-state index < -0.39 is 0 Å². The van der Waals surface area contributed by atoms with E-state index in [0.29, 0.717) is 24.4 Å². The predicted octanol–water partition coefficient (Wildman–Crippen LogP) is 4.34. The molecule has 4 aromatic rings. The molecule has 0 bridgehead atoms. The van der Waals surface area contributed by atoms with Gasteiger partial charge in [0.15, 0.2) is 0 Å². The third kappa shape index (κ3) is 4.13. The topological polar surface area (TPSA) is 89.0 Å². The molecule has 32 heavy (non-hydrogen) atoms. The summed E-state index contributed by atoms with van der Waals surface area (Å²) in [5.74, 6) is 1.52. The van der Waals surface area contributed by atoms with Gasteiger partial charge in [0.1, 0.15) is 11.6 Å². The van der Waals surface area contributed by atoms with Crippen molar-refractivity contribution in [1.82, 2.24) is 15.0 Å². The average Bonchev–Trinajstić information content (AvgIpc) is 3.34. The minimum absolute atomic E-state index is 0.160. The zero-order chi connectivity index (χ0) is 21.8. The van der Waals surface area contributed by atoms with Gasteiger partial charge >= 0.3 is 0 Å². The number of amides is 1. The maximum atomic E-state index is 12.6. The van der Waals surface area contributed by atoms with Crippen LogP contribution in [-0.4, -0.2) is 27.5 Å². The second-order valence-electron chi connectivity index (χ2n) is 7.41. The summed E-state index contributed by atoms with van der Waals surface area (Å²) in [5, 5.41) is 6.29. The molecule has 1 aliphatic heterocycles. The maximum absolute atomic E-state index is 12.6. The number of benzene rings is 1. The molecule has 3 aromatic heterocycles. The van der Waals surface area contributed by atoms with E-state index in [2.05, 4.69) is 25.6 Å². The van der Waals surface area contributed by atoms with Crippen molar-refractivity contribution >= 4 is 17.4 Å². The molecule has 5 rings (SSSR count). The largest absolute Gasteiger partial charge is 0.492 e. The van der Waals surface area contributed by atoms with Crippen molar-refractivity contribution in [3.05, 3.63) is 96.2 Å². The van der Waals surface area contributed by atoms with E-state index in [0.717, 1.165) is 40.2 Å². The van der Waals surface area contributed by atoms with Gasteiger partial charge in [0.25, 0.3) is 5.91 Å². The number of ether oxygens (including phenoxy) is 1. The molecule has 2 N–H and O–H groups in total. The number of anilines is 2. The Morgan fingerprint density at radius 2 is 1.78 bits per heavy atom. The van der Waals surface area contributed by atoms with Gasteiger partial charge in [-0.3, -0.25) is 14.8 Å². The Morgan fingerprint density at radius 3 is 2.59 bits per heavy atom. The fraction of sp³-hybridized carbons (Fsp3) is 0.120. The predicted molar refractivity (Wildman–Crippen MR) is 123 cm³/mol. The van der Waals surface area contributed by atoms with Crippen LogP contribution in [-0.2, 0) is 13.0 Å². The summed E-state index contributed by atoms with van der Waals surface area (Å²) in [5.41, 5.74) is 5.37. The molecular formula is C25H21N5O2. The summed E-state index contributed by atoms with van der Waals surface area (Å²) in [7, 11) is 0. The minimum Gasteiger partial charge on any atom is -0.492 e. The smallest absolute Gasteiger partial charge is 0.255 e. The van der Waals surface area contributed by atoms with Crippen LogP contribution in [0.1, 0.15) is 21.5 Å². The monoisotopic (exact) mass is 423 g/mol. The Balaban J connectivity index is 1.32. The first-order valence-corrected chi connectivity index (χ1v) is 10.4. The maximum Gasteiger partial charge on any atom is 0.255 e. The lowest BCUT2D eigenvalue weighted by atomic mass is 10.0. The molecule has 158 valence electrons. The number of nitrogens with zero attached hydrogens (tertiary/aromatic N) is 3. The summed E-state index contributed by atoms with van der Waals surface area (Å²) in [4.78, 5) is 25.3. The van der Waals surface area contributed by atoms with Crippen LogP contribution in [0.5, 0.6) is 5.75 Å². The van der Waals surface area contributed by atoms with Crippen molar-refractivity contribution in [2.75, 3.05) is 17.2 Å². The van der Waals surface area contributed by atoms with Gasteiger partial charge in [-0.05, 0) is 47.5 Å². The highest BCUT2D eigenvalue weighted by molar-refractivity contribution is 6.04. The summed E-state index contributed by atoms with van der Waals surface area (Å²) in [6, 6.07) is 15.0. The first-order valence-electron chi connectivity index (χ1n) is 10.4. The van der Waals surface area contributed by atoms with Crippen LogP contribution >= 0.6 is 0 Å². The van der Waals surface area contributed by atoms with Crippen molar-refractivity contribution in [2.45, 2.75) is 13.0 Å². The lowest BCUT2D eigenvalue weighted by Crippen LogP contribution is -2.12. The normalized spacial score (nSPS) is 12.0. The van der Waals surface area contributed by atoms with Crippen LogP contribution < -0.4 is 15.4 Å². The van der Waals surface area contributed by atoms with Gasteiger partial charge < -0.3 is 15.4 Å². The van der Waals surface area contributed by atoms with Crippen LogP contribution in [0.15, 0.2) is 79.5 Å². The number of hydrogen-bond donors (Lipinski definition) is 2. The molecule has 0 aliphatic carbocycles. The zero-order valence-electron chi connectivity index (χ0n) is 17.3. The van der Waals surface area contributed by atoms with Crippen LogP contribution in [0, 0.1) is 0 Å². The highest BCUT2D eigenvalue weighted by Crippen LogP contribution is 2.39. The quantitative estimate of drug-likeness (QED) is 0.480. The zero-order valence-corrected chi connectivity index (χ0v) is 17.3. The van der Waals surface area contributed by atoms with E-state index in [1.165, 1.54) is 0 Å². The molecule has 0 spiro atoms. The summed E-state index contributed by atoms with van der Waals surface area (Å²) >= 11 is 0. The van der Waals surface area contributed by atoms with E-state index in [1.807, 2.05) is 36.5 Å². The van der Waals surface area contributed by atoms with Gasteiger partial charge in [-0.2, -0.15) is 0 Å². The third-order valence-corrected chi connectivity index (χ3v) is 5.30. The molecule has 1 aliphatic rings. The number of carbonyl (C=O) groups is 1. The highest BCUT2D eigenvalue weighted by atomic mass is 16.5. The number of carbonyl (C=O) groups excluding carboxylic acids is 1. The van der Waals surface area contributed by atoms with Gasteiger partial charge in [0, 0.05) is 66.3 Å². The number of pyridine rings is 3. The van der Waals surface area contributed by atoms with E-state index in [4.69, 9.17) is 4.74 Å². The second-order valence-corrected chi connectivity index (χ2v) is 7.41. The Hall–Kier alpha value is -4.26. The van der Waals surface area contributed by atoms with Gasteiger partial charge in [0.05, 0.1) is 6.61 Å². The van der Waals surface area contributed by atoms with E-state index in [-0.39, 0.29) is 5.91 Å². The highest BCUT2D eigenvalue weighted by Gasteiger charge is 2.22. The summed E-state index contributed by atoms with van der Waals surface area (Å²) < 4.78 is 5.93. The van der Waals surface area contributed by atoms with Gasteiger partial charge in [-0.25, -0.2) is 4.98 Å². The van der Waals surface area contributed by atoms with Crippen LogP contribution in [0.4, 0.5) is 11.5 Å². The van der Waals surface area contributed by atoms with Crippen molar-refractivity contribution in [1.29, 1.82) is 0 Å². The molecule has 0 radical (unpaired) electrons. The molecule has 0 saturated carbocycles. The Bertz CT molecular complexity index is 1250. The third-order valence-electron chi connectivity index (χ3n) is 5.30. The number of nitrogens with one attached hydrogen (secondary N) is 2. The molecule has 0 atom stereocenters. The summed E-state index contributed by atoms with van der Waals surface area (Å²) in [6.45, 7) is 1.18. The first-order chi connectivity index (χ1) is 15.8. The van der Waals surface area contributed by atoms with Crippen molar-refractivity contribution in [2.24, 2.45) is 0 Å². The molecule has 4 heterocycles. The van der Waals surface area contributed by atoms with E-state index >= 15 is 0 Å². The van der Waals surface area contributed by atoms with Crippen molar-refractivity contribution in [3.63, 3.8) is 0 Å². The Morgan fingerprint density at radius 1 is 1.00 bits per heavy atom. The molecule has 0 saturated heterocycles. The van der Waals surface area contributed by atoms with E-state index in [1.54, 1.807) is 43.0 Å². The van der Waals surface area contributed by atoms with Crippen LogP contribution in [0.2, 0.25) is 0 Å². The molecule has 0 unspecified atom stereocenters. The van der Waals surface area contributed by atoms with Crippen molar-refractivity contribution in [3.8, 4) is 16.9 Å². The lowest BCUT2D eigenvalue weighted by molar-refractivity contribution is 0.102. The second kappa shape index (κ2) is 8.85. The fourth-order valence-corrected chi connectivity index (χ4v) is 3.72. The number of fused-ring (bicyclic) bond motifs is 1. The minimum atomic E-state index is -0.160. The fourth-order valence-electron chi connectivity index (χ4n) is 3.72. The molecule has 7 nitrogen and oxygen atoms in total. The Labute approximate surface area is 185 Å². The lowest BCUT2D eigenvalue weighted by Gasteiger charge is -2.13. The molecule has 0 fully saturated rings. The Kier molecular flexibility index (Phi) is 5.45. The van der Waals surface area contributed by atoms with Gasteiger partial charge in [-0.1, -0.05) is 12.1 Å².